The van der Waals surface area contributed by atoms with E-state index in [9.17, 15) is 0 Å². The van der Waals surface area contributed by atoms with E-state index in [4.69, 9.17) is 4.74 Å². The molecule has 0 radical (unpaired) electrons. The van der Waals surface area contributed by atoms with E-state index in [0.717, 1.165) is 25.9 Å². The van der Waals surface area contributed by atoms with E-state index in [-0.39, 0.29) is 0 Å². The van der Waals surface area contributed by atoms with Gasteiger partial charge in [-0.25, -0.2) is 0 Å². The highest BCUT2D eigenvalue weighted by Gasteiger charge is 2.09. The minimum atomic E-state index is 1.12. The van der Waals surface area contributed by atoms with E-state index in [1.807, 2.05) is 6.26 Å². The number of rotatable bonds is 2. The van der Waals surface area contributed by atoms with Crippen LogP contribution in [-0.2, 0) is 4.74 Å². The monoisotopic (exact) mass is 168 g/mol. The summed E-state index contributed by atoms with van der Waals surface area (Å²) in [5.74, 6) is 0. The van der Waals surface area contributed by atoms with Crippen LogP contribution in [0.5, 0.6) is 0 Å². The van der Waals surface area contributed by atoms with Crippen LogP contribution in [0.4, 0.5) is 0 Å². The van der Waals surface area contributed by atoms with Crippen molar-refractivity contribution in [2.24, 2.45) is 4.99 Å². The lowest BCUT2D eigenvalue weighted by Crippen LogP contribution is -2.26. The quantitative estimate of drug-likeness (QED) is 0.352. The number of aliphatic imine (C=N–C) groups is 1. The maximum absolute atomic E-state index is 5.09. The molecule has 0 bridgehead atoms. The summed E-state index contributed by atoms with van der Waals surface area (Å²) in [5.41, 5.74) is 1.38. The van der Waals surface area contributed by atoms with Crippen molar-refractivity contribution < 1.29 is 4.74 Å². The number of hydrogen-bond acceptors (Lipinski definition) is 3. The van der Waals surface area contributed by atoms with Crippen LogP contribution in [-0.4, -0.2) is 38.5 Å². The molecule has 3 nitrogen and oxygen atoms in total. The van der Waals surface area contributed by atoms with Gasteiger partial charge in [0.15, 0.2) is 6.40 Å². The highest BCUT2D eigenvalue weighted by Crippen LogP contribution is 2.13. The molecule has 0 saturated carbocycles. The van der Waals surface area contributed by atoms with E-state index in [0.29, 0.717) is 0 Å². The Kier molecular flexibility index (Phi) is 3.80. The van der Waals surface area contributed by atoms with E-state index in [1.165, 1.54) is 12.0 Å². The summed E-state index contributed by atoms with van der Waals surface area (Å²) in [6.45, 7) is 2.27. The maximum Gasteiger partial charge on any atom is 0.175 e. The van der Waals surface area contributed by atoms with Gasteiger partial charge in [-0.3, -0.25) is 4.99 Å². The molecule has 1 rings (SSSR count). The van der Waals surface area contributed by atoms with Crippen molar-refractivity contribution in [1.29, 1.82) is 0 Å². The lowest BCUT2D eigenvalue weighted by atomic mass is 10.1. The second-order valence-corrected chi connectivity index (χ2v) is 3.08. The van der Waals surface area contributed by atoms with Gasteiger partial charge in [0.25, 0.3) is 0 Å². The smallest absolute Gasteiger partial charge is 0.175 e. The van der Waals surface area contributed by atoms with Crippen LogP contribution >= 0.6 is 0 Å². The Bertz CT molecular complexity index is 177. The normalized spacial score (nSPS) is 20.0. The maximum atomic E-state index is 5.09. The molecule has 1 heterocycles. The first kappa shape index (κ1) is 9.26. The van der Waals surface area contributed by atoms with Crippen molar-refractivity contribution >= 4 is 6.40 Å². The Morgan fingerprint density at radius 1 is 1.42 bits per heavy atom. The molecule has 0 unspecified atom stereocenters. The van der Waals surface area contributed by atoms with Gasteiger partial charge in [0.1, 0.15) is 0 Å². The van der Waals surface area contributed by atoms with Crippen molar-refractivity contribution in [2.45, 2.75) is 12.8 Å². The van der Waals surface area contributed by atoms with Crippen LogP contribution in [0.15, 0.2) is 16.8 Å². The SMILES string of the molecule is CN=COC=C1CCN(C)CC1. The highest BCUT2D eigenvalue weighted by molar-refractivity contribution is 5.47. The lowest BCUT2D eigenvalue weighted by molar-refractivity contribution is 0.307. The molecular formula is C9H16N2O. The fourth-order valence-electron chi connectivity index (χ4n) is 1.21. The summed E-state index contributed by atoms with van der Waals surface area (Å²) in [6.07, 6.45) is 5.52. The topological polar surface area (TPSA) is 24.8 Å². The van der Waals surface area contributed by atoms with Gasteiger partial charge >= 0.3 is 0 Å². The van der Waals surface area contributed by atoms with Crippen LogP contribution in [0.1, 0.15) is 12.8 Å². The van der Waals surface area contributed by atoms with Crippen molar-refractivity contribution in [3.8, 4) is 0 Å². The zero-order valence-electron chi connectivity index (χ0n) is 7.79. The summed E-state index contributed by atoms with van der Waals surface area (Å²) in [5, 5.41) is 0. The number of nitrogens with zero attached hydrogens (tertiary/aromatic N) is 2. The molecule has 0 N–H and O–H groups in total. The zero-order valence-corrected chi connectivity index (χ0v) is 7.79. The van der Waals surface area contributed by atoms with Gasteiger partial charge in [0.2, 0.25) is 0 Å². The molecule has 0 atom stereocenters. The van der Waals surface area contributed by atoms with Gasteiger partial charge < -0.3 is 9.64 Å². The Labute approximate surface area is 73.7 Å². The third-order valence-electron chi connectivity index (χ3n) is 2.03. The molecule has 0 spiro atoms. The van der Waals surface area contributed by atoms with Crippen LogP contribution in [0.2, 0.25) is 0 Å². The number of piperidine rings is 1. The Morgan fingerprint density at radius 3 is 2.67 bits per heavy atom. The predicted octanol–water partition coefficient (Wildman–Crippen LogP) is 1.27. The first-order valence-corrected chi connectivity index (χ1v) is 4.25. The van der Waals surface area contributed by atoms with Crippen molar-refractivity contribution in [1.82, 2.24) is 4.90 Å². The van der Waals surface area contributed by atoms with E-state index in [2.05, 4.69) is 16.9 Å². The molecule has 1 aliphatic rings. The van der Waals surface area contributed by atoms with Crippen LogP contribution in [0.25, 0.3) is 0 Å². The first-order chi connectivity index (χ1) is 5.83. The first-order valence-electron chi connectivity index (χ1n) is 4.25. The van der Waals surface area contributed by atoms with E-state index >= 15 is 0 Å². The second kappa shape index (κ2) is 4.93. The molecule has 1 aliphatic heterocycles. The van der Waals surface area contributed by atoms with Gasteiger partial charge in [-0.05, 0) is 25.5 Å². The summed E-state index contributed by atoms with van der Waals surface area (Å²) in [6, 6.07) is 0. The molecule has 12 heavy (non-hydrogen) atoms. The molecule has 0 aromatic rings. The van der Waals surface area contributed by atoms with Crippen LogP contribution < -0.4 is 0 Å². The summed E-state index contributed by atoms with van der Waals surface area (Å²) < 4.78 is 5.09. The third kappa shape index (κ3) is 3.05. The van der Waals surface area contributed by atoms with Crippen LogP contribution in [0.3, 0.4) is 0 Å². The molecular weight excluding hydrogens is 152 g/mol. The van der Waals surface area contributed by atoms with Gasteiger partial charge in [-0.15, -0.1) is 0 Å². The average Bonchev–Trinajstić information content (AvgIpc) is 2.09. The summed E-state index contributed by atoms with van der Waals surface area (Å²) in [7, 11) is 3.85. The summed E-state index contributed by atoms with van der Waals surface area (Å²) >= 11 is 0. The molecule has 1 fully saturated rings. The second-order valence-electron chi connectivity index (χ2n) is 3.08. The predicted molar refractivity (Wildman–Crippen MR) is 50.3 cm³/mol. The Morgan fingerprint density at radius 2 is 2.08 bits per heavy atom. The highest BCUT2D eigenvalue weighted by atomic mass is 16.5. The fraction of sp³-hybridized carbons (Fsp3) is 0.667. The Balaban J connectivity index is 2.28. The third-order valence-corrected chi connectivity index (χ3v) is 2.03. The summed E-state index contributed by atoms with van der Waals surface area (Å²) in [4.78, 5) is 6.06. The van der Waals surface area contributed by atoms with Crippen molar-refractivity contribution in [3.05, 3.63) is 11.8 Å². The standard InChI is InChI=1S/C9H16N2O/c1-10-8-12-7-9-3-5-11(2)6-4-9/h7-8H,3-6H2,1-2H3. The molecule has 1 saturated heterocycles. The Hall–Kier alpha value is -0.830. The molecule has 68 valence electrons. The zero-order chi connectivity index (χ0) is 8.81. The number of ether oxygens (including phenoxy) is 1. The minimum absolute atomic E-state index is 1.12. The number of likely N-dealkylation sites (tertiary alicyclic amines) is 1. The fourth-order valence-corrected chi connectivity index (χ4v) is 1.21. The van der Waals surface area contributed by atoms with Gasteiger partial charge in [-0.1, -0.05) is 0 Å². The van der Waals surface area contributed by atoms with Crippen molar-refractivity contribution in [2.75, 3.05) is 27.2 Å². The van der Waals surface area contributed by atoms with E-state index in [1.54, 1.807) is 7.05 Å². The number of hydrogen-bond donors (Lipinski definition) is 0. The molecule has 3 heteroatoms. The van der Waals surface area contributed by atoms with E-state index < -0.39 is 0 Å². The minimum Gasteiger partial charge on any atom is -0.454 e. The van der Waals surface area contributed by atoms with Crippen molar-refractivity contribution in [3.63, 3.8) is 0 Å². The molecule has 0 amide bonds. The average molecular weight is 168 g/mol. The van der Waals surface area contributed by atoms with Crippen LogP contribution in [0, 0.1) is 0 Å². The lowest BCUT2D eigenvalue weighted by Gasteiger charge is -2.23. The largest absolute Gasteiger partial charge is 0.454 e. The molecule has 0 aromatic heterocycles. The van der Waals surface area contributed by atoms with Gasteiger partial charge in [0.05, 0.1) is 6.26 Å². The van der Waals surface area contributed by atoms with Gasteiger partial charge in [-0.2, -0.15) is 0 Å². The molecule has 0 aromatic carbocycles. The molecule has 0 aliphatic carbocycles. The van der Waals surface area contributed by atoms with Gasteiger partial charge in [0, 0.05) is 20.1 Å².